The lowest BCUT2D eigenvalue weighted by molar-refractivity contribution is 0.0625. The van der Waals surface area contributed by atoms with Gasteiger partial charge in [-0.1, -0.05) is 12.8 Å². The molecule has 1 aliphatic heterocycles. The van der Waals surface area contributed by atoms with Crippen molar-refractivity contribution in [3.05, 3.63) is 0 Å². The Labute approximate surface area is 142 Å². The molecule has 134 valence electrons. The number of rotatable bonds is 7. The monoisotopic (exact) mass is 324 g/mol. The highest BCUT2D eigenvalue weighted by Crippen LogP contribution is 2.22. The van der Waals surface area contributed by atoms with Crippen molar-refractivity contribution in [1.82, 2.24) is 15.1 Å². The van der Waals surface area contributed by atoms with E-state index in [0.717, 1.165) is 50.8 Å². The number of likely N-dealkylation sites (N-methyl/N-ethyl adjacent to an activating group) is 1. The number of guanidine groups is 1. The fourth-order valence-electron chi connectivity index (χ4n) is 3.77. The van der Waals surface area contributed by atoms with E-state index in [1.807, 2.05) is 7.05 Å². The molecule has 0 atom stereocenters. The zero-order valence-electron chi connectivity index (χ0n) is 15.4. The molecule has 0 amide bonds. The molecule has 0 radical (unpaired) electrons. The van der Waals surface area contributed by atoms with E-state index in [1.54, 1.807) is 0 Å². The van der Waals surface area contributed by atoms with Gasteiger partial charge in [0.15, 0.2) is 5.96 Å². The van der Waals surface area contributed by atoms with Gasteiger partial charge in [-0.2, -0.15) is 0 Å². The topological polar surface area (TPSA) is 40.1 Å². The molecule has 5 nitrogen and oxygen atoms in total. The largest absolute Gasteiger partial charge is 0.381 e. The number of hydrogen-bond donors (Lipinski definition) is 1. The molecule has 0 spiro atoms. The van der Waals surface area contributed by atoms with E-state index in [9.17, 15) is 0 Å². The van der Waals surface area contributed by atoms with Gasteiger partial charge in [0.25, 0.3) is 0 Å². The number of nitrogens with zero attached hydrogens (tertiary/aromatic N) is 3. The third kappa shape index (κ3) is 6.30. The summed E-state index contributed by atoms with van der Waals surface area (Å²) >= 11 is 0. The second kappa shape index (κ2) is 10.1. The summed E-state index contributed by atoms with van der Waals surface area (Å²) in [6, 6.07) is 0.796. The van der Waals surface area contributed by atoms with Gasteiger partial charge in [-0.15, -0.1) is 0 Å². The van der Waals surface area contributed by atoms with E-state index in [-0.39, 0.29) is 0 Å². The fraction of sp³-hybridized carbons (Fsp3) is 0.944. The lowest BCUT2D eigenvalue weighted by Gasteiger charge is -2.28. The van der Waals surface area contributed by atoms with E-state index in [4.69, 9.17) is 4.74 Å². The zero-order valence-corrected chi connectivity index (χ0v) is 15.4. The maximum absolute atomic E-state index is 5.44. The van der Waals surface area contributed by atoms with Crippen molar-refractivity contribution in [1.29, 1.82) is 0 Å². The van der Waals surface area contributed by atoms with Gasteiger partial charge in [-0.05, 0) is 45.1 Å². The summed E-state index contributed by atoms with van der Waals surface area (Å²) in [6.07, 6.45) is 9.21. The summed E-state index contributed by atoms with van der Waals surface area (Å²) in [5.41, 5.74) is 0. The highest BCUT2D eigenvalue weighted by molar-refractivity contribution is 5.79. The number of ether oxygens (including phenoxy) is 1. The molecule has 1 heterocycles. The summed E-state index contributed by atoms with van der Waals surface area (Å²) in [5.74, 6) is 1.84. The van der Waals surface area contributed by atoms with Gasteiger partial charge in [-0.25, -0.2) is 0 Å². The van der Waals surface area contributed by atoms with Crippen LogP contribution in [0.15, 0.2) is 4.99 Å². The number of aliphatic imine (C=N–C) groups is 1. The van der Waals surface area contributed by atoms with Gasteiger partial charge in [0.1, 0.15) is 0 Å². The predicted molar refractivity (Wildman–Crippen MR) is 97.0 cm³/mol. The first-order chi connectivity index (χ1) is 11.2. The highest BCUT2D eigenvalue weighted by atomic mass is 16.5. The standard InChI is InChI=1S/C18H36N4O/c1-19-18(20-11-13-21(2)17-6-4-5-7-17)22(3)12-8-16-9-14-23-15-10-16/h16-17H,4-15H2,1-3H3,(H,19,20). The van der Waals surface area contributed by atoms with Crippen LogP contribution in [0.1, 0.15) is 44.9 Å². The molecule has 0 aromatic heterocycles. The highest BCUT2D eigenvalue weighted by Gasteiger charge is 2.19. The molecule has 1 saturated heterocycles. The van der Waals surface area contributed by atoms with Crippen LogP contribution in [0.2, 0.25) is 0 Å². The van der Waals surface area contributed by atoms with Crippen LogP contribution in [0.3, 0.4) is 0 Å². The van der Waals surface area contributed by atoms with Crippen LogP contribution in [0, 0.1) is 5.92 Å². The van der Waals surface area contributed by atoms with Gasteiger partial charge in [-0.3, -0.25) is 4.99 Å². The third-order valence-electron chi connectivity index (χ3n) is 5.48. The Morgan fingerprint density at radius 1 is 1.09 bits per heavy atom. The Kier molecular flexibility index (Phi) is 8.17. The molecule has 1 aliphatic carbocycles. The van der Waals surface area contributed by atoms with Gasteiger partial charge < -0.3 is 19.9 Å². The summed E-state index contributed by atoms with van der Waals surface area (Å²) in [6.45, 7) is 5.02. The van der Waals surface area contributed by atoms with Crippen molar-refractivity contribution in [2.75, 3.05) is 54.0 Å². The lowest BCUT2D eigenvalue weighted by Crippen LogP contribution is -2.44. The van der Waals surface area contributed by atoms with Crippen molar-refractivity contribution in [2.45, 2.75) is 51.0 Å². The minimum absolute atomic E-state index is 0.796. The van der Waals surface area contributed by atoms with Crippen molar-refractivity contribution in [3.8, 4) is 0 Å². The lowest BCUT2D eigenvalue weighted by atomic mass is 9.96. The van der Waals surface area contributed by atoms with Gasteiger partial charge >= 0.3 is 0 Å². The summed E-state index contributed by atoms with van der Waals surface area (Å²) in [4.78, 5) is 9.21. The van der Waals surface area contributed by atoms with Crippen LogP contribution < -0.4 is 5.32 Å². The van der Waals surface area contributed by atoms with Crippen LogP contribution >= 0.6 is 0 Å². The van der Waals surface area contributed by atoms with Crippen molar-refractivity contribution >= 4 is 5.96 Å². The van der Waals surface area contributed by atoms with Gasteiger partial charge in [0, 0.05) is 53.0 Å². The van der Waals surface area contributed by atoms with Crippen LogP contribution in [0.4, 0.5) is 0 Å². The molecule has 2 rings (SSSR count). The first kappa shape index (κ1) is 18.5. The summed E-state index contributed by atoms with van der Waals surface area (Å²) < 4.78 is 5.44. The SMILES string of the molecule is CN=C(NCCN(C)C1CCCC1)N(C)CCC1CCOCC1. The van der Waals surface area contributed by atoms with Crippen LogP contribution in [-0.4, -0.2) is 75.8 Å². The fourth-order valence-corrected chi connectivity index (χ4v) is 3.77. The Morgan fingerprint density at radius 3 is 2.43 bits per heavy atom. The first-order valence-corrected chi connectivity index (χ1v) is 9.40. The predicted octanol–water partition coefficient (Wildman–Crippen LogP) is 2.18. The van der Waals surface area contributed by atoms with Gasteiger partial charge in [0.05, 0.1) is 0 Å². The second-order valence-electron chi connectivity index (χ2n) is 7.16. The molecule has 0 unspecified atom stereocenters. The maximum Gasteiger partial charge on any atom is 0.193 e. The summed E-state index contributed by atoms with van der Waals surface area (Å²) in [7, 11) is 6.29. The molecule has 2 aliphatic rings. The molecular weight excluding hydrogens is 288 g/mol. The van der Waals surface area contributed by atoms with Gasteiger partial charge in [0.2, 0.25) is 0 Å². The maximum atomic E-state index is 5.44. The quantitative estimate of drug-likeness (QED) is 0.576. The minimum atomic E-state index is 0.796. The Balaban J connectivity index is 1.63. The zero-order chi connectivity index (χ0) is 16.5. The minimum Gasteiger partial charge on any atom is -0.381 e. The van der Waals surface area contributed by atoms with E-state index >= 15 is 0 Å². The molecule has 0 aromatic rings. The van der Waals surface area contributed by atoms with Crippen molar-refractivity contribution < 1.29 is 4.74 Å². The molecular formula is C18H36N4O. The smallest absolute Gasteiger partial charge is 0.193 e. The average molecular weight is 325 g/mol. The molecule has 5 heteroatoms. The third-order valence-corrected chi connectivity index (χ3v) is 5.48. The molecule has 1 saturated carbocycles. The van der Waals surface area contributed by atoms with Crippen LogP contribution in [-0.2, 0) is 4.74 Å². The van der Waals surface area contributed by atoms with Crippen molar-refractivity contribution in [3.63, 3.8) is 0 Å². The normalized spacial score (nSPS) is 21.1. The van der Waals surface area contributed by atoms with E-state index in [0.29, 0.717) is 0 Å². The number of hydrogen-bond acceptors (Lipinski definition) is 3. The summed E-state index contributed by atoms with van der Waals surface area (Å²) in [5, 5.41) is 3.52. The Bertz CT molecular complexity index is 349. The average Bonchev–Trinajstić information content (AvgIpc) is 3.12. The van der Waals surface area contributed by atoms with Crippen LogP contribution in [0.25, 0.3) is 0 Å². The van der Waals surface area contributed by atoms with E-state index in [2.05, 4.69) is 34.2 Å². The van der Waals surface area contributed by atoms with Crippen molar-refractivity contribution in [2.24, 2.45) is 10.9 Å². The Hall–Kier alpha value is -0.810. The van der Waals surface area contributed by atoms with Crippen LogP contribution in [0.5, 0.6) is 0 Å². The first-order valence-electron chi connectivity index (χ1n) is 9.40. The molecule has 0 aromatic carbocycles. The molecule has 2 fully saturated rings. The second-order valence-corrected chi connectivity index (χ2v) is 7.16. The molecule has 23 heavy (non-hydrogen) atoms. The van der Waals surface area contributed by atoms with E-state index < -0.39 is 0 Å². The van der Waals surface area contributed by atoms with E-state index in [1.165, 1.54) is 44.9 Å². The molecule has 1 N–H and O–H groups in total. The Morgan fingerprint density at radius 2 is 1.78 bits per heavy atom. The number of nitrogens with one attached hydrogen (secondary N) is 1. The molecule has 0 bridgehead atoms.